The van der Waals surface area contributed by atoms with Gasteiger partial charge in [0.15, 0.2) is 0 Å². The smallest absolute Gasteiger partial charge is 0.274 e. The van der Waals surface area contributed by atoms with Crippen molar-refractivity contribution in [2.45, 2.75) is 57.2 Å². The number of nitro benzene ring substituents is 1. The molecule has 0 aliphatic carbocycles. The molecule has 0 radical (unpaired) electrons. The Kier molecular flexibility index (Phi) is 3.85. The number of fused-ring (bicyclic) bond motifs is 2. The molecule has 2 aliphatic rings. The lowest BCUT2D eigenvalue weighted by atomic mass is 9.82. The highest BCUT2D eigenvalue weighted by Gasteiger charge is 2.35. The molecule has 2 bridgehead atoms. The van der Waals surface area contributed by atoms with E-state index in [2.05, 4.69) is 17.3 Å². The number of hydrogen-bond acceptors (Lipinski definition) is 4. The van der Waals surface area contributed by atoms with Gasteiger partial charge in [-0.1, -0.05) is 12.5 Å². The Morgan fingerprint density at radius 3 is 2.57 bits per heavy atom. The second-order valence-corrected chi connectivity index (χ2v) is 6.48. The van der Waals surface area contributed by atoms with Crippen molar-refractivity contribution in [2.24, 2.45) is 0 Å². The Morgan fingerprint density at radius 2 is 1.95 bits per heavy atom. The molecule has 3 rings (SSSR count). The van der Waals surface area contributed by atoms with E-state index in [-0.39, 0.29) is 10.6 Å². The molecule has 2 fully saturated rings. The lowest BCUT2D eigenvalue weighted by Crippen LogP contribution is -2.52. The highest BCUT2D eigenvalue weighted by Crippen LogP contribution is 2.34. The van der Waals surface area contributed by atoms with Crippen molar-refractivity contribution in [2.75, 3.05) is 12.4 Å². The van der Waals surface area contributed by atoms with Crippen molar-refractivity contribution in [3.8, 4) is 0 Å². The van der Waals surface area contributed by atoms with E-state index in [1.54, 1.807) is 13.0 Å². The van der Waals surface area contributed by atoms with Crippen LogP contribution in [0.25, 0.3) is 0 Å². The molecule has 2 aliphatic heterocycles. The first kappa shape index (κ1) is 14.3. The van der Waals surface area contributed by atoms with E-state index < -0.39 is 0 Å². The first-order chi connectivity index (χ1) is 10.0. The molecule has 0 aromatic heterocycles. The number of nitro groups is 1. The number of aryl methyl sites for hydroxylation is 1. The van der Waals surface area contributed by atoms with E-state index in [1.807, 2.05) is 12.1 Å². The van der Waals surface area contributed by atoms with Crippen molar-refractivity contribution >= 4 is 11.4 Å². The minimum absolute atomic E-state index is 0.202. The van der Waals surface area contributed by atoms with Crippen molar-refractivity contribution < 1.29 is 4.92 Å². The largest absolute Gasteiger partial charge is 0.382 e. The van der Waals surface area contributed by atoms with Crippen LogP contribution >= 0.6 is 0 Å². The SMILES string of the molecule is Cc1ccc(NC2CC3CCCC(C2)N3C)cc1[N+](=O)[O-]. The maximum absolute atomic E-state index is 11.0. The van der Waals surface area contributed by atoms with Gasteiger partial charge in [-0.05, 0) is 45.7 Å². The van der Waals surface area contributed by atoms with E-state index in [0.29, 0.717) is 23.7 Å². The summed E-state index contributed by atoms with van der Waals surface area (Å²) in [5.41, 5.74) is 1.79. The van der Waals surface area contributed by atoms with Crippen molar-refractivity contribution in [1.29, 1.82) is 0 Å². The molecule has 114 valence electrons. The van der Waals surface area contributed by atoms with Gasteiger partial charge in [0.2, 0.25) is 0 Å². The molecule has 0 spiro atoms. The van der Waals surface area contributed by atoms with Crippen LogP contribution in [0.15, 0.2) is 18.2 Å². The summed E-state index contributed by atoms with van der Waals surface area (Å²) in [5, 5.41) is 14.6. The molecule has 5 heteroatoms. The number of piperidine rings is 2. The van der Waals surface area contributed by atoms with Gasteiger partial charge in [0, 0.05) is 35.4 Å². The van der Waals surface area contributed by atoms with Gasteiger partial charge >= 0.3 is 0 Å². The predicted octanol–water partition coefficient (Wildman–Crippen LogP) is 3.33. The predicted molar refractivity (Wildman–Crippen MR) is 83.7 cm³/mol. The number of nitrogens with zero attached hydrogens (tertiary/aromatic N) is 2. The van der Waals surface area contributed by atoms with Crippen LogP contribution in [-0.4, -0.2) is 35.0 Å². The Labute approximate surface area is 125 Å². The Hall–Kier alpha value is -1.62. The molecule has 1 aromatic carbocycles. The first-order valence-corrected chi connectivity index (χ1v) is 7.78. The lowest BCUT2D eigenvalue weighted by molar-refractivity contribution is -0.385. The first-order valence-electron chi connectivity index (χ1n) is 7.78. The molecule has 21 heavy (non-hydrogen) atoms. The summed E-state index contributed by atoms with van der Waals surface area (Å²) < 4.78 is 0. The summed E-state index contributed by atoms with van der Waals surface area (Å²) in [6.07, 6.45) is 6.16. The fourth-order valence-electron chi connectivity index (χ4n) is 3.87. The zero-order chi connectivity index (χ0) is 15.0. The Balaban J connectivity index is 1.72. The van der Waals surface area contributed by atoms with Gasteiger partial charge < -0.3 is 10.2 Å². The molecule has 2 atom stereocenters. The molecule has 1 aromatic rings. The minimum Gasteiger partial charge on any atom is -0.382 e. The van der Waals surface area contributed by atoms with Gasteiger partial charge in [-0.3, -0.25) is 10.1 Å². The van der Waals surface area contributed by atoms with Gasteiger partial charge in [-0.2, -0.15) is 0 Å². The zero-order valence-electron chi connectivity index (χ0n) is 12.7. The second kappa shape index (κ2) is 5.64. The van der Waals surface area contributed by atoms with Gasteiger partial charge in [0.25, 0.3) is 5.69 Å². The molecule has 5 nitrogen and oxygen atoms in total. The minimum atomic E-state index is -0.302. The summed E-state index contributed by atoms with van der Waals surface area (Å²) in [6, 6.07) is 7.21. The molecular weight excluding hydrogens is 266 g/mol. The molecular formula is C16H23N3O2. The number of benzene rings is 1. The van der Waals surface area contributed by atoms with Crippen LogP contribution in [0, 0.1) is 17.0 Å². The molecule has 1 N–H and O–H groups in total. The fourth-order valence-corrected chi connectivity index (χ4v) is 3.87. The third-order valence-electron chi connectivity index (χ3n) is 5.12. The quantitative estimate of drug-likeness (QED) is 0.685. The summed E-state index contributed by atoms with van der Waals surface area (Å²) in [6.45, 7) is 1.78. The average molecular weight is 289 g/mol. The highest BCUT2D eigenvalue weighted by molar-refractivity contribution is 5.55. The summed E-state index contributed by atoms with van der Waals surface area (Å²) in [5.74, 6) is 0. The van der Waals surface area contributed by atoms with Crippen LogP contribution in [0.2, 0.25) is 0 Å². The number of rotatable bonds is 3. The topological polar surface area (TPSA) is 58.4 Å². The number of anilines is 1. The van der Waals surface area contributed by atoms with Gasteiger partial charge in [-0.15, -0.1) is 0 Å². The molecule has 2 unspecified atom stereocenters. The molecule has 0 amide bonds. The molecule has 0 saturated carbocycles. The van der Waals surface area contributed by atoms with Crippen LogP contribution in [0.3, 0.4) is 0 Å². The van der Waals surface area contributed by atoms with Crippen molar-refractivity contribution in [1.82, 2.24) is 4.90 Å². The second-order valence-electron chi connectivity index (χ2n) is 6.48. The lowest BCUT2D eigenvalue weighted by Gasteiger charge is -2.47. The third kappa shape index (κ3) is 2.88. The van der Waals surface area contributed by atoms with Crippen LogP contribution < -0.4 is 5.32 Å². The summed E-state index contributed by atoms with van der Waals surface area (Å²) >= 11 is 0. The number of hydrogen-bond donors (Lipinski definition) is 1. The fraction of sp³-hybridized carbons (Fsp3) is 0.625. The normalized spacial score (nSPS) is 29.1. The van der Waals surface area contributed by atoms with Gasteiger partial charge in [0.1, 0.15) is 0 Å². The van der Waals surface area contributed by atoms with Crippen molar-refractivity contribution in [3.63, 3.8) is 0 Å². The van der Waals surface area contributed by atoms with Gasteiger partial charge in [-0.25, -0.2) is 0 Å². The molecule has 2 heterocycles. The highest BCUT2D eigenvalue weighted by atomic mass is 16.6. The molecule has 2 saturated heterocycles. The zero-order valence-corrected chi connectivity index (χ0v) is 12.7. The number of nitrogens with one attached hydrogen (secondary N) is 1. The average Bonchev–Trinajstić information content (AvgIpc) is 2.42. The monoisotopic (exact) mass is 289 g/mol. The van der Waals surface area contributed by atoms with Crippen LogP contribution in [0.1, 0.15) is 37.7 Å². The van der Waals surface area contributed by atoms with Crippen LogP contribution in [0.4, 0.5) is 11.4 Å². The van der Waals surface area contributed by atoms with Crippen molar-refractivity contribution in [3.05, 3.63) is 33.9 Å². The van der Waals surface area contributed by atoms with E-state index in [0.717, 1.165) is 18.5 Å². The van der Waals surface area contributed by atoms with E-state index in [9.17, 15) is 10.1 Å². The third-order valence-corrected chi connectivity index (χ3v) is 5.12. The Morgan fingerprint density at radius 1 is 1.29 bits per heavy atom. The van der Waals surface area contributed by atoms with Crippen LogP contribution in [-0.2, 0) is 0 Å². The Bertz CT molecular complexity index is 532. The maximum Gasteiger partial charge on any atom is 0.274 e. The van der Waals surface area contributed by atoms with E-state index in [1.165, 1.54) is 19.3 Å². The maximum atomic E-state index is 11.0. The summed E-state index contributed by atoms with van der Waals surface area (Å²) in [7, 11) is 2.24. The van der Waals surface area contributed by atoms with Gasteiger partial charge in [0.05, 0.1) is 4.92 Å². The van der Waals surface area contributed by atoms with E-state index >= 15 is 0 Å². The van der Waals surface area contributed by atoms with Crippen LogP contribution in [0.5, 0.6) is 0 Å². The standard InChI is InChI=1S/C16H23N3O2/c1-11-6-7-12(10-16(11)19(20)21)17-13-8-14-4-3-5-15(9-13)18(14)2/h6-7,10,13-15,17H,3-5,8-9H2,1-2H3. The summed E-state index contributed by atoms with van der Waals surface area (Å²) in [4.78, 5) is 13.3. The van der Waals surface area contributed by atoms with E-state index in [4.69, 9.17) is 0 Å².